The Morgan fingerprint density at radius 2 is 1.62 bits per heavy atom. The molecular weight excluding hydrogens is 498 g/mol. The normalized spacial score (nSPS) is 21.7. The molecule has 1 saturated heterocycles. The predicted molar refractivity (Wildman–Crippen MR) is 146 cm³/mol. The van der Waals surface area contributed by atoms with Gasteiger partial charge in [-0.25, -0.2) is 0 Å². The molecule has 0 unspecified atom stereocenters. The predicted octanol–water partition coefficient (Wildman–Crippen LogP) is 0.918. The largest absolute Gasteiger partial charge is 0.491 e. The quantitative estimate of drug-likeness (QED) is 0.603. The van der Waals surface area contributed by atoms with Gasteiger partial charge in [-0.3, -0.25) is 19.2 Å². The average Bonchev–Trinajstić information content (AvgIpc) is 2.94. The third kappa shape index (κ3) is 7.35. The van der Waals surface area contributed by atoms with Gasteiger partial charge >= 0.3 is 0 Å². The van der Waals surface area contributed by atoms with Gasteiger partial charge in [-0.1, -0.05) is 42.5 Å². The molecule has 0 radical (unpaired) electrons. The summed E-state index contributed by atoms with van der Waals surface area (Å²) in [7, 11) is 1.99. The van der Waals surface area contributed by atoms with Crippen LogP contribution in [0.4, 0.5) is 0 Å². The van der Waals surface area contributed by atoms with Gasteiger partial charge in [0.25, 0.3) is 5.91 Å². The molecule has 1 fully saturated rings. The standard InChI is InChI=1S/C29H37N5O5/c1-3-33-17-18-39-25-12-8-7-11-22(25)27(36)31-24(29(38)34-15-13-32(2)14-16-34)20-26(35)30-23(28(33)37)19-21-9-5-4-6-10-21/h4-12,23-24H,3,13-20H2,1-2H3,(H,30,35)(H,31,36)/t23-,24+/m1/s1. The van der Waals surface area contributed by atoms with Gasteiger partial charge in [0.1, 0.15) is 24.4 Å². The minimum Gasteiger partial charge on any atom is -0.491 e. The zero-order valence-corrected chi connectivity index (χ0v) is 22.6. The van der Waals surface area contributed by atoms with Crippen LogP contribution in [0.5, 0.6) is 5.75 Å². The average molecular weight is 536 g/mol. The Hall–Kier alpha value is -3.92. The summed E-state index contributed by atoms with van der Waals surface area (Å²) in [5.74, 6) is -1.17. The van der Waals surface area contributed by atoms with Gasteiger partial charge in [0, 0.05) is 39.1 Å². The summed E-state index contributed by atoms with van der Waals surface area (Å²) in [6.07, 6.45) is 0.0136. The van der Waals surface area contributed by atoms with E-state index in [0.717, 1.165) is 5.56 Å². The number of carbonyl (C=O) groups is 4. The molecule has 0 spiro atoms. The van der Waals surface area contributed by atoms with Crippen LogP contribution in [-0.4, -0.2) is 103 Å². The lowest BCUT2D eigenvalue weighted by Gasteiger charge is -2.35. The fourth-order valence-corrected chi connectivity index (χ4v) is 4.86. The van der Waals surface area contributed by atoms with Crippen molar-refractivity contribution in [3.05, 3.63) is 65.7 Å². The van der Waals surface area contributed by atoms with E-state index in [-0.39, 0.29) is 37.0 Å². The molecule has 2 heterocycles. The van der Waals surface area contributed by atoms with Crippen molar-refractivity contribution in [2.45, 2.75) is 31.8 Å². The molecule has 0 bridgehead atoms. The summed E-state index contributed by atoms with van der Waals surface area (Å²) < 4.78 is 5.94. The van der Waals surface area contributed by atoms with E-state index >= 15 is 0 Å². The second-order valence-electron chi connectivity index (χ2n) is 9.93. The van der Waals surface area contributed by atoms with Gasteiger partial charge in [0.05, 0.1) is 18.5 Å². The van der Waals surface area contributed by atoms with Crippen molar-refractivity contribution in [2.75, 3.05) is 52.9 Å². The number of piperazine rings is 1. The summed E-state index contributed by atoms with van der Waals surface area (Å²) in [6, 6.07) is 14.3. The van der Waals surface area contributed by atoms with E-state index in [4.69, 9.17) is 4.74 Å². The van der Waals surface area contributed by atoms with Crippen LogP contribution in [0.1, 0.15) is 29.3 Å². The lowest BCUT2D eigenvalue weighted by Crippen LogP contribution is -2.56. The molecule has 2 aliphatic heterocycles. The number of rotatable bonds is 4. The summed E-state index contributed by atoms with van der Waals surface area (Å²) in [6.45, 7) is 5.17. The lowest BCUT2D eigenvalue weighted by molar-refractivity contribution is -0.139. The Bertz CT molecular complexity index is 1170. The third-order valence-electron chi connectivity index (χ3n) is 7.17. The van der Waals surface area contributed by atoms with Gasteiger partial charge < -0.3 is 30.1 Å². The van der Waals surface area contributed by atoms with Crippen LogP contribution in [0.15, 0.2) is 54.6 Å². The van der Waals surface area contributed by atoms with Crippen molar-refractivity contribution < 1.29 is 23.9 Å². The SMILES string of the molecule is CCN1CCOc2ccccc2C(=O)N[C@H](C(=O)N2CCN(C)CC2)CC(=O)N[C@H](Cc2ccccc2)C1=O. The molecule has 39 heavy (non-hydrogen) atoms. The molecule has 4 amide bonds. The molecule has 2 atom stereocenters. The Balaban J connectivity index is 1.64. The van der Waals surface area contributed by atoms with E-state index in [1.807, 2.05) is 44.3 Å². The Labute approximate surface area is 229 Å². The minimum absolute atomic E-state index is 0.166. The molecular formula is C29H37N5O5. The van der Waals surface area contributed by atoms with Crippen LogP contribution in [-0.2, 0) is 20.8 Å². The number of benzene rings is 2. The number of likely N-dealkylation sites (N-methyl/N-ethyl adjacent to an activating group) is 2. The molecule has 2 aromatic carbocycles. The van der Waals surface area contributed by atoms with E-state index in [9.17, 15) is 19.2 Å². The van der Waals surface area contributed by atoms with E-state index in [2.05, 4.69) is 15.5 Å². The maximum Gasteiger partial charge on any atom is 0.255 e. The molecule has 10 heteroatoms. The number of para-hydroxylation sites is 1. The van der Waals surface area contributed by atoms with Crippen LogP contribution in [0.3, 0.4) is 0 Å². The highest BCUT2D eigenvalue weighted by Gasteiger charge is 2.33. The van der Waals surface area contributed by atoms with Crippen molar-refractivity contribution >= 4 is 23.6 Å². The summed E-state index contributed by atoms with van der Waals surface area (Å²) in [5, 5.41) is 5.64. The minimum atomic E-state index is -1.09. The van der Waals surface area contributed by atoms with Gasteiger partial charge in [0.15, 0.2) is 0 Å². The first kappa shape index (κ1) is 28.1. The highest BCUT2D eigenvalue weighted by Crippen LogP contribution is 2.19. The Morgan fingerprint density at radius 1 is 0.923 bits per heavy atom. The molecule has 0 saturated carbocycles. The molecule has 2 N–H and O–H groups in total. The topological polar surface area (TPSA) is 111 Å². The first-order chi connectivity index (χ1) is 18.9. The molecule has 208 valence electrons. The summed E-state index contributed by atoms with van der Waals surface area (Å²) in [5.41, 5.74) is 1.17. The highest BCUT2D eigenvalue weighted by atomic mass is 16.5. The number of hydrogen-bond acceptors (Lipinski definition) is 6. The molecule has 10 nitrogen and oxygen atoms in total. The first-order valence-corrected chi connectivity index (χ1v) is 13.5. The molecule has 2 aromatic rings. The number of fused-ring (bicyclic) bond motifs is 1. The molecule has 0 aliphatic carbocycles. The van der Waals surface area contributed by atoms with Gasteiger partial charge in [-0.2, -0.15) is 0 Å². The van der Waals surface area contributed by atoms with Gasteiger partial charge in [-0.05, 0) is 31.7 Å². The summed E-state index contributed by atoms with van der Waals surface area (Å²) >= 11 is 0. The number of hydrogen-bond donors (Lipinski definition) is 2. The molecule has 0 aromatic heterocycles. The fourth-order valence-electron chi connectivity index (χ4n) is 4.86. The van der Waals surface area contributed by atoms with Crippen molar-refractivity contribution in [1.29, 1.82) is 0 Å². The monoisotopic (exact) mass is 535 g/mol. The molecule has 4 rings (SSSR count). The van der Waals surface area contributed by atoms with Gasteiger partial charge in [-0.15, -0.1) is 0 Å². The van der Waals surface area contributed by atoms with Crippen LogP contribution in [0.25, 0.3) is 0 Å². The van der Waals surface area contributed by atoms with Crippen LogP contribution >= 0.6 is 0 Å². The Morgan fingerprint density at radius 3 is 2.33 bits per heavy atom. The lowest BCUT2D eigenvalue weighted by atomic mass is 10.0. The summed E-state index contributed by atoms with van der Waals surface area (Å²) in [4.78, 5) is 59.3. The van der Waals surface area contributed by atoms with Crippen molar-refractivity contribution in [3.8, 4) is 5.75 Å². The van der Waals surface area contributed by atoms with Crippen molar-refractivity contribution in [3.63, 3.8) is 0 Å². The van der Waals surface area contributed by atoms with E-state index in [1.165, 1.54) is 0 Å². The second kappa shape index (κ2) is 13.2. The van der Waals surface area contributed by atoms with Gasteiger partial charge in [0.2, 0.25) is 17.7 Å². The number of ether oxygens (including phenoxy) is 1. The second-order valence-corrected chi connectivity index (χ2v) is 9.93. The third-order valence-corrected chi connectivity index (χ3v) is 7.17. The van der Waals surface area contributed by atoms with Crippen LogP contribution in [0, 0.1) is 0 Å². The highest BCUT2D eigenvalue weighted by molar-refractivity contribution is 6.01. The Kier molecular flexibility index (Phi) is 9.54. The number of carbonyl (C=O) groups excluding carboxylic acids is 4. The maximum atomic E-state index is 13.6. The van der Waals surface area contributed by atoms with E-state index < -0.39 is 23.9 Å². The maximum absolute atomic E-state index is 13.6. The van der Waals surface area contributed by atoms with Crippen LogP contribution < -0.4 is 15.4 Å². The number of amides is 4. The fraction of sp³-hybridized carbons (Fsp3) is 0.448. The smallest absolute Gasteiger partial charge is 0.255 e. The molecule has 2 aliphatic rings. The zero-order valence-electron chi connectivity index (χ0n) is 22.6. The van der Waals surface area contributed by atoms with E-state index in [1.54, 1.807) is 34.1 Å². The number of nitrogens with one attached hydrogen (secondary N) is 2. The van der Waals surface area contributed by atoms with Crippen LogP contribution in [0.2, 0.25) is 0 Å². The van der Waals surface area contributed by atoms with E-state index in [0.29, 0.717) is 44.9 Å². The van der Waals surface area contributed by atoms with Crippen molar-refractivity contribution in [1.82, 2.24) is 25.3 Å². The van der Waals surface area contributed by atoms with Crippen molar-refractivity contribution in [2.24, 2.45) is 0 Å². The first-order valence-electron chi connectivity index (χ1n) is 13.5. The number of nitrogens with zero attached hydrogens (tertiary/aromatic N) is 3. The zero-order chi connectivity index (χ0) is 27.8.